The molecule has 0 atom stereocenters. The lowest BCUT2D eigenvalue weighted by Gasteiger charge is -2.10. The van der Waals surface area contributed by atoms with Crippen molar-refractivity contribution in [3.63, 3.8) is 0 Å². The highest BCUT2D eigenvalue weighted by atomic mass is 32.2. The van der Waals surface area contributed by atoms with Crippen LogP contribution in [0.2, 0.25) is 0 Å². The average molecular weight is 308 g/mol. The van der Waals surface area contributed by atoms with Gasteiger partial charge >= 0.3 is 5.69 Å². The van der Waals surface area contributed by atoms with Gasteiger partial charge in [-0.15, -0.1) is 5.10 Å². The summed E-state index contributed by atoms with van der Waals surface area (Å²) in [6.45, 7) is 8.72. The van der Waals surface area contributed by atoms with Gasteiger partial charge in [0.25, 0.3) is 0 Å². The second-order valence-corrected chi connectivity index (χ2v) is 5.76. The van der Waals surface area contributed by atoms with Crippen LogP contribution in [0.4, 0.5) is 5.82 Å². The van der Waals surface area contributed by atoms with E-state index in [9.17, 15) is 4.79 Å². The fraction of sp³-hybridized carbons (Fsp3) is 0.538. The molecule has 0 aliphatic heterocycles. The number of hydrogen-bond acceptors (Lipinski definition) is 6. The van der Waals surface area contributed by atoms with Crippen molar-refractivity contribution in [1.29, 1.82) is 0 Å². The molecule has 0 aliphatic rings. The minimum atomic E-state index is -0.204. The van der Waals surface area contributed by atoms with Gasteiger partial charge in [0, 0.05) is 25.1 Å². The number of H-pyrrole nitrogens is 1. The lowest BCUT2D eigenvalue weighted by molar-refractivity contribution is 0.534. The predicted octanol–water partition coefficient (Wildman–Crippen LogP) is 2.09. The molecule has 2 rings (SSSR count). The first kappa shape index (κ1) is 15.6. The Balaban J connectivity index is 2.35. The molecule has 0 aliphatic carbocycles. The molecular weight excluding hydrogens is 288 g/mol. The van der Waals surface area contributed by atoms with E-state index in [1.165, 1.54) is 11.8 Å². The summed E-state index contributed by atoms with van der Waals surface area (Å²) >= 11 is 1.36. The zero-order valence-corrected chi connectivity index (χ0v) is 13.5. The van der Waals surface area contributed by atoms with Crippen LogP contribution in [0.25, 0.3) is 0 Å². The van der Waals surface area contributed by atoms with Crippen LogP contribution in [0.5, 0.6) is 0 Å². The van der Waals surface area contributed by atoms with Gasteiger partial charge in [0.1, 0.15) is 16.7 Å². The molecular formula is C13H20N6OS. The van der Waals surface area contributed by atoms with Gasteiger partial charge in [-0.25, -0.2) is 19.9 Å². The maximum absolute atomic E-state index is 11.8. The van der Waals surface area contributed by atoms with Gasteiger partial charge in [-0.1, -0.05) is 6.92 Å². The van der Waals surface area contributed by atoms with E-state index in [2.05, 4.69) is 25.5 Å². The lowest BCUT2D eigenvalue weighted by atomic mass is 10.4. The fourth-order valence-corrected chi connectivity index (χ4v) is 2.86. The van der Waals surface area contributed by atoms with Crippen molar-refractivity contribution in [2.75, 3.05) is 11.9 Å². The topological polar surface area (TPSA) is 88.5 Å². The van der Waals surface area contributed by atoms with Crippen LogP contribution in [-0.4, -0.2) is 31.3 Å². The molecule has 0 saturated heterocycles. The van der Waals surface area contributed by atoms with Crippen molar-refractivity contribution < 1.29 is 0 Å². The lowest BCUT2D eigenvalue weighted by Crippen LogP contribution is -2.19. The normalized spacial score (nSPS) is 11.1. The third-order valence-corrected chi connectivity index (χ3v) is 3.70. The third-order valence-electron chi connectivity index (χ3n) is 2.81. The molecule has 0 aromatic carbocycles. The molecule has 0 bridgehead atoms. The molecule has 114 valence electrons. The number of aromatic nitrogens is 5. The van der Waals surface area contributed by atoms with E-state index < -0.39 is 0 Å². The predicted molar refractivity (Wildman–Crippen MR) is 82.9 cm³/mol. The van der Waals surface area contributed by atoms with Crippen LogP contribution in [0.15, 0.2) is 21.0 Å². The Morgan fingerprint density at radius 3 is 2.76 bits per heavy atom. The van der Waals surface area contributed by atoms with Gasteiger partial charge in [0.2, 0.25) is 0 Å². The van der Waals surface area contributed by atoms with Gasteiger partial charge in [0.15, 0.2) is 5.16 Å². The molecule has 2 aromatic heterocycles. The number of hydrogen-bond donors (Lipinski definition) is 2. The van der Waals surface area contributed by atoms with Crippen LogP contribution in [-0.2, 0) is 6.42 Å². The first-order valence-corrected chi connectivity index (χ1v) is 7.83. The Morgan fingerprint density at radius 2 is 2.14 bits per heavy atom. The molecule has 2 aromatic rings. The van der Waals surface area contributed by atoms with Gasteiger partial charge < -0.3 is 5.32 Å². The Bertz CT molecular complexity index is 663. The van der Waals surface area contributed by atoms with Crippen molar-refractivity contribution in [2.45, 2.75) is 50.3 Å². The quantitative estimate of drug-likeness (QED) is 0.794. The zero-order valence-electron chi connectivity index (χ0n) is 12.7. The zero-order chi connectivity index (χ0) is 15.4. The Labute approximate surface area is 127 Å². The maximum Gasteiger partial charge on any atom is 0.344 e. The maximum atomic E-state index is 11.8. The monoisotopic (exact) mass is 308 g/mol. The van der Waals surface area contributed by atoms with Crippen LogP contribution in [0, 0.1) is 0 Å². The summed E-state index contributed by atoms with van der Waals surface area (Å²) in [4.78, 5) is 20.6. The highest BCUT2D eigenvalue weighted by Gasteiger charge is 2.14. The number of nitrogens with one attached hydrogen (secondary N) is 2. The molecule has 0 radical (unpaired) electrons. The second kappa shape index (κ2) is 6.75. The number of aryl methyl sites for hydroxylation is 1. The summed E-state index contributed by atoms with van der Waals surface area (Å²) in [6, 6.07) is 1.91. The van der Waals surface area contributed by atoms with E-state index in [-0.39, 0.29) is 11.7 Å². The van der Waals surface area contributed by atoms with Crippen molar-refractivity contribution in [3.8, 4) is 0 Å². The minimum Gasteiger partial charge on any atom is -0.370 e. The van der Waals surface area contributed by atoms with Crippen molar-refractivity contribution >= 4 is 17.6 Å². The van der Waals surface area contributed by atoms with Crippen LogP contribution in [0.1, 0.15) is 39.6 Å². The molecule has 8 heteroatoms. The first-order chi connectivity index (χ1) is 10.0. The van der Waals surface area contributed by atoms with E-state index in [1.54, 1.807) is 4.57 Å². The summed E-state index contributed by atoms with van der Waals surface area (Å²) < 4.78 is 1.62. The van der Waals surface area contributed by atoms with E-state index in [0.29, 0.717) is 5.16 Å². The van der Waals surface area contributed by atoms with Crippen molar-refractivity contribution in [3.05, 3.63) is 22.4 Å². The van der Waals surface area contributed by atoms with E-state index in [1.807, 2.05) is 33.8 Å². The van der Waals surface area contributed by atoms with Crippen LogP contribution < -0.4 is 11.0 Å². The number of rotatable bonds is 6. The smallest absolute Gasteiger partial charge is 0.344 e. The summed E-state index contributed by atoms with van der Waals surface area (Å²) in [6.07, 6.45) is 0.754. The summed E-state index contributed by atoms with van der Waals surface area (Å²) in [5.41, 5.74) is -0.204. The highest BCUT2D eigenvalue weighted by Crippen LogP contribution is 2.26. The second-order valence-electron chi connectivity index (χ2n) is 4.77. The highest BCUT2D eigenvalue weighted by molar-refractivity contribution is 7.99. The Kier molecular flexibility index (Phi) is 5.00. The SMILES string of the molecule is CCNc1cc(Sc2n[nH]c(=O)n2C(C)C)nc(CC)n1. The van der Waals surface area contributed by atoms with E-state index in [4.69, 9.17) is 0 Å². The Hall–Kier alpha value is -1.83. The first-order valence-electron chi connectivity index (χ1n) is 7.01. The van der Waals surface area contributed by atoms with Gasteiger partial charge in [-0.2, -0.15) is 0 Å². The fourth-order valence-electron chi connectivity index (χ4n) is 1.87. The van der Waals surface area contributed by atoms with Gasteiger partial charge in [-0.3, -0.25) is 4.57 Å². The molecule has 2 N–H and O–H groups in total. The average Bonchev–Trinajstić information content (AvgIpc) is 2.79. The third kappa shape index (κ3) is 3.63. The molecule has 7 nitrogen and oxygen atoms in total. The van der Waals surface area contributed by atoms with Crippen molar-refractivity contribution in [1.82, 2.24) is 24.7 Å². The Morgan fingerprint density at radius 1 is 1.38 bits per heavy atom. The van der Waals surface area contributed by atoms with Gasteiger partial charge in [-0.05, 0) is 32.5 Å². The number of nitrogens with zero attached hydrogens (tertiary/aromatic N) is 4. The summed E-state index contributed by atoms with van der Waals surface area (Å²) in [5, 5.41) is 11.1. The molecule has 0 spiro atoms. The van der Waals surface area contributed by atoms with Crippen LogP contribution >= 0.6 is 11.8 Å². The minimum absolute atomic E-state index is 0.0412. The molecule has 0 amide bonds. The van der Waals surface area contributed by atoms with Crippen molar-refractivity contribution in [2.24, 2.45) is 0 Å². The van der Waals surface area contributed by atoms with Crippen LogP contribution in [0.3, 0.4) is 0 Å². The summed E-state index contributed by atoms with van der Waals surface area (Å²) in [5.74, 6) is 1.56. The van der Waals surface area contributed by atoms with E-state index >= 15 is 0 Å². The number of aromatic amines is 1. The molecule has 2 heterocycles. The van der Waals surface area contributed by atoms with E-state index in [0.717, 1.165) is 29.6 Å². The number of anilines is 1. The largest absolute Gasteiger partial charge is 0.370 e. The van der Waals surface area contributed by atoms with Gasteiger partial charge in [0.05, 0.1) is 0 Å². The molecule has 0 saturated carbocycles. The standard InChI is InChI=1S/C13H20N6OS/c1-5-9-15-10(14-6-2)7-11(16-9)21-13-18-17-12(20)19(13)8(3)4/h7-8H,5-6H2,1-4H3,(H,17,20)(H,14,15,16). The molecule has 0 fully saturated rings. The molecule has 21 heavy (non-hydrogen) atoms. The molecule has 0 unspecified atom stereocenters. The summed E-state index contributed by atoms with van der Waals surface area (Å²) in [7, 11) is 0.